The molecule has 1 unspecified atom stereocenters. The molecular weight excluding hydrogens is 200 g/mol. The Kier molecular flexibility index (Phi) is 4.99. The maximum atomic E-state index is 11.0. The number of rotatable bonds is 5. The van der Waals surface area contributed by atoms with Gasteiger partial charge in [-0.2, -0.15) is 0 Å². The molecular formula is C13H20N2O. The van der Waals surface area contributed by atoms with Gasteiger partial charge in [0.25, 0.3) is 0 Å². The highest BCUT2D eigenvalue weighted by atomic mass is 16.1. The molecule has 0 aliphatic carbocycles. The summed E-state index contributed by atoms with van der Waals surface area (Å²) < 4.78 is 0. The summed E-state index contributed by atoms with van der Waals surface area (Å²) in [5.41, 5.74) is 2.52. The van der Waals surface area contributed by atoms with Crippen molar-refractivity contribution >= 4 is 5.91 Å². The van der Waals surface area contributed by atoms with Crippen LogP contribution in [0.4, 0.5) is 0 Å². The van der Waals surface area contributed by atoms with E-state index in [1.54, 1.807) is 7.05 Å². The summed E-state index contributed by atoms with van der Waals surface area (Å²) in [5.74, 6) is 0.0728. The van der Waals surface area contributed by atoms with Crippen molar-refractivity contribution in [2.45, 2.75) is 26.3 Å². The Labute approximate surface area is 97.2 Å². The van der Waals surface area contributed by atoms with Crippen LogP contribution in [-0.4, -0.2) is 19.5 Å². The molecule has 1 rings (SSSR count). The van der Waals surface area contributed by atoms with Crippen molar-refractivity contribution < 1.29 is 4.79 Å². The van der Waals surface area contributed by atoms with Gasteiger partial charge < -0.3 is 10.6 Å². The molecule has 0 aliphatic rings. The SMILES string of the molecule is CNC(=O)CCNC(C)c1ccc(C)cc1. The predicted octanol–water partition coefficient (Wildman–Crippen LogP) is 1.78. The highest BCUT2D eigenvalue weighted by Crippen LogP contribution is 2.12. The third-order valence-corrected chi connectivity index (χ3v) is 2.66. The van der Waals surface area contributed by atoms with Crippen molar-refractivity contribution in [3.63, 3.8) is 0 Å². The van der Waals surface area contributed by atoms with Gasteiger partial charge in [-0.05, 0) is 19.4 Å². The standard InChI is InChI=1S/C13H20N2O/c1-10-4-6-12(7-5-10)11(2)15-9-8-13(16)14-3/h4-7,11,15H,8-9H2,1-3H3,(H,14,16). The van der Waals surface area contributed by atoms with Gasteiger partial charge in [0.05, 0.1) is 0 Å². The van der Waals surface area contributed by atoms with Crippen LogP contribution in [-0.2, 0) is 4.79 Å². The molecule has 0 saturated heterocycles. The van der Waals surface area contributed by atoms with Gasteiger partial charge >= 0.3 is 0 Å². The van der Waals surface area contributed by atoms with Crippen molar-refractivity contribution in [1.29, 1.82) is 0 Å². The van der Waals surface area contributed by atoms with E-state index in [2.05, 4.69) is 48.7 Å². The molecule has 3 nitrogen and oxygen atoms in total. The van der Waals surface area contributed by atoms with E-state index in [1.807, 2.05) is 0 Å². The fraction of sp³-hybridized carbons (Fsp3) is 0.462. The Morgan fingerprint density at radius 2 is 1.94 bits per heavy atom. The largest absolute Gasteiger partial charge is 0.359 e. The van der Waals surface area contributed by atoms with Crippen LogP contribution in [0.15, 0.2) is 24.3 Å². The number of aryl methyl sites for hydroxylation is 1. The van der Waals surface area contributed by atoms with Crippen molar-refractivity contribution in [1.82, 2.24) is 10.6 Å². The van der Waals surface area contributed by atoms with E-state index < -0.39 is 0 Å². The average Bonchev–Trinajstić information content (AvgIpc) is 2.29. The molecule has 0 fully saturated rings. The number of carbonyl (C=O) groups is 1. The molecule has 2 N–H and O–H groups in total. The monoisotopic (exact) mass is 220 g/mol. The molecule has 16 heavy (non-hydrogen) atoms. The first-order valence-electron chi connectivity index (χ1n) is 5.64. The smallest absolute Gasteiger partial charge is 0.221 e. The highest BCUT2D eigenvalue weighted by molar-refractivity contribution is 5.75. The second-order valence-corrected chi connectivity index (χ2v) is 4.01. The number of nitrogens with one attached hydrogen (secondary N) is 2. The first-order chi connectivity index (χ1) is 7.63. The molecule has 0 aliphatic heterocycles. The second kappa shape index (κ2) is 6.28. The molecule has 3 heteroatoms. The van der Waals surface area contributed by atoms with Gasteiger partial charge in [-0.15, -0.1) is 0 Å². The molecule has 1 aromatic rings. The van der Waals surface area contributed by atoms with Crippen LogP contribution in [0.5, 0.6) is 0 Å². The highest BCUT2D eigenvalue weighted by Gasteiger charge is 2.04. The van der Waals surface area contributed by atoms with E-state index in [0.717, 1.165) is 0 Å². The minimum Gasteiger partial charge on any atom is -0.359 e. The number of hydrogen-bond donors (Lipinski definition) is 2. The topological polar surface area (TPSA) is 41.1 Å². The summed E-state index contributed by atoms with van der Waals surface area (Å²) in [5, 5.41) is 5.93. The van der Waals surface area contributed by atoms with Crippen LogP contribution in [0.2, 0.25) is 0 Å². The molecule has 1 amide bonds. The summed E-state index contributed by atoms with van der Waals surface area (Å²) in [6.07, 6.45) is 0.521. The fourth-order valence-electron chi connectivity index (χ4n) is 1.50. The van der Waals surface area contributed by atoms with Gasteiger partial charge in [0, 0.05) is 26.1 Å². The Bertz CT molecular complexity index is 332. The molecule has 0 spiro atoms. The Morgan fingerprint density at radius 3 is 2.50 bits per heavy atom. The molecule has 1 aromatic carbocycles. The summed E-state index contributed by atoms with van der Waals surface area (Å²) in [4.78, 5) is 11.0. The predicted molar refractivity (Wildman–Crippen MR) is 66.3 cm³/mol. The van der Waals surface area contributed by atoms with E-state index >= 15 is 0 Å². The maximum Gasteiger partial charge on any atom is 0.221 e. The zero-order valence-corrected chi connectivity index (χ0v) is 10.2. The third-order valence-electron chi connectivity index (χ3n) is 2.66. The van der Waals surface area contributed by atoms with Crippen LogP contribution in [0.3, 0.4) is 0 Å². The van der Waals surface area contributed by atoms with E-state index in [4.69, 9.17) is 0 Å². The van der Waals surface area contributed by atoms with Gasteiger partial charge in [0.2, 0.25) is 5.91 Å². The van der Waals surface area contributed by atoms with Gasteiger partial charge in [0.1, 0.15) is 0 Å². The first-order valence-corrected chi connectivity index (χ1v) is 5.64. The summed E-state index contributed by atoms with van der Waals surface area (Å²) in [7, 11) is 1.66. The third kappa shape index (κ3) is 4.03. The lowest BCUT2D eigenvalue weighted by atomic mass is 10.1. The molecule has 0 heterocycles. The van der Waals surface area contributed by atoms with Crippen LogP contribution < -0.4 is 10.6 Å². The van der Waals surface area contributed by atoms with Crippen LogP contribution >= 0.6 is 0 Å². The Morgan fingerprint density at radius 1 is 1.31 bits per heavy atom. The van der Waals surface area contributed by atoms with Gasteiger partial charge in [0.15, 0.2) is 0 Å². The molecule has 0 aromatic heterocycles. The molecule has 0 radical (unpaired) electrons. The lowest BCUT2D eigenvalue weighted by molar-refractivity contribution is -0.120. The van der Waals surface area contributed by atoms with E-state index in [-0.39, 0.29) is 11.9 Å². The average molecular weight is 220 g/mol. The van der Waals surface area contributed by atoms with Crippen molar-refractivity contribution in [2.24, 2.45) is 0 Å². The lowest BCUT2D eigenvalue weighted by Crippen LogP contribution is -2.26. The number of amides is 1. The van der Waals surface area contributed by atoms with E-state index in [1.165, 1.54) is 11.1 Å². The minimum absolute atomic E-state index is 0.0728. The van der Waals surface area contributed by atoms with Crippen LogP contribution in [0.25, 0.3) is 0 Å². The zero-order chi connectivity index (χ0) is 12.0. The van der Waals surface area contributed by atoms with Gasteiger partial charge in [-0.3, -0.25) is 4.79 Å². The second-order valence-electron chi connectivity index (χ2n) is 4.01. The normalized spacial score (nSPS) is 12.2. The molecule has 1 atom stereocenters. The van der Waals surface area contributed by atoms with E-state index in [9.17, 15) is 4.79 Å². The number of carbonyl (C=O) groups excluding carboxylic acids is 1. The Balaban J connectivity index is 2.37. The van der Waals surface area contributed by atoms with E-state index in [0.29, 0.717) is 13.0 Å². The van der Waals surface area contributed by atoms with Gasteiger partial charge in [-0.1, -0.05) is 29.8 Å². The van der Waals surface area contributed by atoms with Crippen LogP contribution in [0, 0.1) is 6.92 Å². The van der Waals surface area contributed by atoms with Crippen molar-refractivity contribution in [3.8, 4) is 0 Å². The fourth-order valence-corrected chi connectivity index (χ4v) is 1.50. The summed E-state index contributed by atoms with van der Waals surface area (Å²) in [6.45, 7) is 4.89. The van der Waals surface area contributed by atoms with Gasteiger partial charge in [-0.25, -0.2) is 0 Å². The molecule has 0 saturated carbocycles. The first kappa shape index (κ1) is 12.7. The van der Waals surface area contributed by atoms with Crippen LogP contribution in [0.1, 0.15) is 30.5 Å². The maximum absolute atomic E-state index is 11.0. The summed E-state index contributed by atoms with van der Waals surface area (Å²) in [6, 6.07) is 8.73. The van der Waals surface area contributed by atoms with Crippen molar-refractivity contribution in [3.05, 3.63) is 35.4 Å². The summed E-state index contributed by atoms with van der Waals surface area (Å²) >= 11 is 0. The Hall–Kier alpha value is -1.35. The number of hydrogen-bond acceptors (Lipinski definition) is 2. The quantitative estimate of drug-likeness (QED) is 0.794. The van der Waals surface area contributed by atoms with Crippen molar-refractivity contribution in [2.75, 3.05) is 13.6 Å². The zero-order valence-electron chi connectivity index (χ0n) is 10.2. The number of benzene rings is 1. The lowest BCUT2D eigenvalue weighted by Gasteiger charge is -2.14. The molecule has 0 bridgehead atoms. The molecule has 88 valence electrons. The minimum atomic E-state index is 0.0728.